The summed E-state index contributed by atoms with van der Waals surface area (Å²) in [6.07, 6.45) is 0.957. The molecule has 1 heteroatoms. The molecular weight excluding hydrogens is 308 g/mol. The van der Waals surface area contributed by atoms with Gasteiger partial charge in [-0.15, -0.1) is 0 Å². The van der Waals surface area contributed by atoms with Gasteiger partial charge in [0.2, 0.25) is 0 Å². The molecule has 0 aliphatic heterocycles. The maximum Gasteiger partial charge on any atom is 0.0253 e. The van der Waals surface area contributed by atoms with E-state index in [9.17, 15) is 0 Å². The van der Waals surface area contributed by atoms with Crippen molar-refractivity contribution in [1.29, 1.82) is 0 Å². The Morgan fingerprint density at radius 3 is 1.95 bits per heavy atom. The lowest BCUT2D eigenvalue weighted by Gasteiger charge is -2.11. The Bertz CT molecular complexity index is 702. The molecule has 0 atom stereocenters. The minimum absolute atomic E-state index is 0.957. The van der Waals surface area contributed by atoms with Gasteiger partial charge in [0, 0.05) is 4.47 Å². The van der Waals surface area contributed by atoms with Gasteiger partial charge < -0.3 is 0 Å². The molecule has 0 spiro atoms. The maximum absolute atomic E-state index is 3.65. The smallest absolute Gasteiger partial charge is 0.0253 e. The number of benzene rings is 3. The van der Waals surface area contributed by atoms with Crippen LogP contribution in [0.1, 0.15) is 11.1 Å². The Morgan fingerprint density at radius 2 is 1.20 bits per heavy atom. The quantitative estimate of drug-likeness (QED) is 0.579. The minimum Gasteiger partial charge on any atom is -0.0622 e. The van der Waals surface area contributed by atoms with Crippen LogP contribution < -0.4 is 0 Å². The van der Waals surface area contributed by atoms with Crippen molar-refractivity contribution in [2.75, 3.05) is 0 Å². The monoisotopic (exact) mass is 322 g/mol. The minimum atomic E-state index is 0.957. The van der Waals surface area contributed by atoms with Crippen LogP contribution >= 0.6 is 15.9 Å². The Kier molecular flexibility index (Phi) is 3.98. The van der Waals surface area contributed by atoms with Gasteiger partial charge in [-0.3, -0.25) is 0 Å². The predicted octanol–water partition coefficient (Wildman–Crippen LogP) is 5.71. The Morgan fingerprint density at radius 1 is 0.600 bits per heavy atom. The van der Waals surface area contributed by atoms with E-state index in [1.165, 1.54) is 22.3 Å². The van der Waals surface area contributed by atoms with Gasteiger partial charge in [0.25, 0.3) is 0 Å². The van der Waals surface area contributed by atoms with Gasteiger partial charge in [-0.05, 0) is 34.7 Å². The summed E-state index contributed by atoms with van der Waals surface area (Å²) in [4.78, 5) is 0. The Balaban J connectivity index is 2.03. The van der Waals surface area contributed by atoms with Gasteiger partial charge in [0.15, 0.2) is 0 Å². The normalized spacial score (nSPS) is 10.4. The van der Waals surface area contributed by atoms with Crippen LogP contribution in [0, 0.1) is 0 Å². The molecule has 98 valence electrons. The van der Waals surface area contributed by atoms with Crippen LogP contribution in [0.15, 0.2) is 83.3 Å². The SMILES string of the molecule is Brc1ccccc1-c1ccccc1Cc1ccccc1. The molecule has 0 fully saturated rings. The summed E-state index contributed by atoms with van der Waals surface area (Å²) in [6.45, 7) is 0. The average Bonchev–Trinajstić information content (AvgIpc) is 2.50. The molecule has 0 saturated carbocycles. The fourth-order valence-electron chi connectivity index (χ4n) is 2.43. The fourth-order valence-corrected chi connectivity index (χ4v) is 2.93. The third kappa shape index (κ3) is 2.83. The van der Waals surface area contributed by atoms with E-state index in [1.807, 2.05) is 6.07 Å². The summed E-state index contributed by atoms with van der Waals surface area (Å²) in [5.74, 6) is 0. The molecular formula is C19H15Br. The van der Waals surface area contributed by atoms with Crippen molar-refractivity contribution in [3.63, 3.8) is 0 Å². The zero-order valence-electron chi connectivity index (χ0n) is 11.1. The highest BCUT2D eigenvalue weighted by Gasteiger charge is 2.07. The van der Waals surface area contributed by atoms with Crippen molar-refractivity contribution in [2.24, 2.45) is 0 Å². The molecule has 3 aromatic rings. The molecule has 0 aliphatic carbocycles. The molecule has 0 aromatic heterocycles. The molecule has 3 aromatic carbocycles. The summed E-state index contributed by atoms with van der Waals surface area (Å²) < 4.78 is 1.14. The summed E-state index contributed by atoms with van der Waals surface area (Å²) in [5, 5.41) is 0. The van der Waals surface area contributed by atoms with Crippen LogP contribution in [0.4, 0.5) is 0 Å². The highest BCUT2D eigenvalue weighted by atomic mass is 79.9. The first-order chi connectivity index (χ1) is 9.84. The van der Waals surface area contributed by atoms with E-state index in [1.54, 1.807) is 0 Å². The molecule has 0 unspecified atom stereocenters. The van der Waals surface area contributed by atoms with Crippen LogP contribution in [-0.4, -0.2) is 0 Å². The lowest BCUT2D eigenvalue weighted by Crippen LogP contribution is -1.92. The average molecular weight is 323 g/mol. The van der Waals surface area contributed by atoms with E-state index in [-0.39, 0.29) is 0 Å². The van der Waals surface area contributed by atoms with Gasteiger partial charge in [0.05, 0.1) is 0 Å². The third-order valence-electron chi connectivity index (χ3n) is 3.42. The lowest BCUT2D eigenvalue weighted by molar-refractivity contribution is 1.19. The van der Waals surface area contributed by atoms with Crippen molar-refractivity contribution in [3.05, 3.63) is 94.5 Å². The molecule has 0 nitrogen and oxygen atoms in total. The van der Waals surface area contributed by atoms with Crippen LogP contribution in [0.2, 0.25) is 0 Å². The summed E-state index contributed by atoms with van der Waals surface area (Å²) in [5.41, 5.74) is 5.24. The van der Waals surface area contributed by atoms with Crippen LogP contribution in [0.5, 0.6) is 0 Å². The molecule has 3 rings (SSSR count). The lowest BCUT2D eigenvalue weighted by atomic mass is 9.95. The zero-order chi connectivity index (χ0) is 13.8. The molecule has 0 N–H and O–H groups in total. The van der Waals surface area contributed by atoms with E-state index < -0.39 is 0 Å². The van der Waals surface area contributed by atoms with Gasteiger partial charge in [-0.1, -0.05) is 88.7 Å². The first-order valence-electron chi connectivity index (χ1n) is 6.71. The fraction of sp³-hybridized carbons (Fsp3) is 0.0526. The molecule has 0 radical (unpaired) electrons. The highest BCUT2D eigenvalue weighted by Crippen LogP contribution is 2.31. The highest BCUT2D eigenvalue weighted by molar-refractivity contribution is 9.10. The standard InChI is InChI=1S/C19H15Br/c20-19-13-7-6-12-18(19)17-11-5-4-10-16(17)14-15-8-2-1-3-9-15/h1-13H,14H2. The number of hydrogen-bond donors (Lipinski definition) is 0. The summed E-state index contributed by atoms with van der Waals surface area (Å²) >= 11 is 3.65. The van der Waals surface area contributed by atoms with Crippen LogP contribution in [-0.2, 0) is 6.42 Å². The van der Waals surface area contributed by atoms with E-state index >= 15 is 0 Å². The second kappa shape index (κ2) is 6.06. The molecule has 0 saturated heterocycles. The summed E-state index contributed by atoms with van der Waals surface area (Å²) in [6, 6.07) is 27.6. The van der Waals surface area contributed by atoms with Crippen LogP contribution in [0.3, 0.4) is 0 Å². The van der Waals surface area contributed by atoms with E-state index in [2.05, 4.69) is 88.7 Å². The van der Waals surface area contributed by atoms with Crippen molar-refractivity contribution in [2.45, 2.75) is 6.42 Å². The second-order valence-electron chi connectivity index (χ2n) is 4.80. The number of hydrogen-bond acceptors (Lipinski definition) is 0. The maximum atomic E-state index is 3.65. The van der Waals surface area contributed by atoms with Gasteiger partial charge >= 0.3 is 0 Å². The summed E-state index contributed by atoms with van der Waals surface area (Å²) in [7, 11) is 0. The van der Waals surface area contributed by atoms with Crippen molar-refractivity contribution >= 4 is 15.9 Å². The Labute approximate surface area is 128 Å². The molecule has 0 heterocycles. The number of halogens is 1. The largest absolute Gasteiger partial charge is 0.0622 e. The van der Waals surface area contributed by atoms with Gasteiger partial charge in [-0.2, -0.15) is 0 Å². The first-order valence-corrected chi connectivity index (χ1v) is 7.50. The number of rotatable bonds is 3. The Hall–Kier alpha value is -1.86. The van der Waals surface area contributed by atoms with Crippen LogP contribution in [0.25, 0.3) is 11.1 Å². The van der Waals surface area contributed by atoms with Crippen molar-refractivity contribution in [3.8, 4) is 11.1 Å². The first kappa shape index (κ1) is 13.1. The van der Waals surface area contributed by atoms with E-state index in [0.717, 1.165) is 10.9 Å². The predicted molar refractivity (Wildman–Crippen MR) is 88.8 cm³/mol. The topological polar surface area (TPSA) is 0 Å². The van der Waals surface area contributed by atoms with E-state index in [0.29, 0.717) is 0 Å². The van der Waals surface area contributed by atoms with Crippen molar-refractivity contribution < 1.29 is 0 Å². The van der Waals surface area contributed by atoms with Gasteiger partial charge in [-0.25, -0.2) is 0 Å². The molecule has 0 amide bonds. The van der Waals surface area contributed by atoms with E-state index in [4.69, 9.17) is 0 Å². The third-order valence-corrected chi connectivity index (χ3v) is 4.11. The second-order valence-corrected chi connectivity index (χ2v) is 5.65. The van der Waals surface area contributed by atoms with Crippen molar-refractivity contribution in [1.82, 2.24) is 0 Å². The van der Waals surface area contributed by atoms with Gasteiger partial charge in [0.1, 0.15) is 0 Å². The molecule has 0 aliphatic rings. The zero-order valence-corrected chi connectivity index (χ0v) is 12.7. The molecule has 20 heavy (non-hydrogen) atoms. The molecule has 0 bridgehead atoms.